The lowest BCUT2D eigenvalue weighted by Crippen LogP contribution is -2.23. The SMILES string of the molecule is Cc1c([C@@H](C)N=c2nc(C)n(C)c3cnc(N4CCC5(CC5)C4)cc23)cccc1C(F)(F)F. The van der Waals surface area contributed by atoms with Gasteiger partial charge in [-0.15, -0.1) is 0 Å². The molecular formula is C25H28F3N5. The van der Waals surface area contributed by atoms with Gasteiger partial charge in [-0.2, -0.15) is 13.2 Å². The summed E-state index contributed by atoms with van der Waals surface area (Å²) in [5, 5.41) is 0.862. The van der Waals surface area contributed by atoms with Gasteiger partial charge in [0.25, 0.3) is 0 Å². The number of anilines is 1. The summed E-state index contributed by atoms with van der Waals surface area (Å²) in [5.41, 5.74) is 2.06. The minimum Gasteiger partial charge on any atom is -0.356 e. The zero-order valence-electron chi connectivity index (χ0n) is 19.4. The predicted molar refractivity (Wildman–Crippen MR) is 122 cm³/mol. The molecule has 3 aromatic rings. The van der Waals surface area contributed by atoms with Crippen molar-refractivity contribution >= 4 is 16.7 Å². The number of rotatable bonds is 3. The largest absolute Gasteiger partial charge is 0.416 e. The number of aromatic nitrogens is 3. The molecule has 0 N–H and O–H groups in total. The Kier molecular flexibility index (Phi) is 5.03. The Morgan fingerprint density at radius 3 is 2.58 bits per heavy atom. The Hall–Kier alpha value is -2.90. The van der Waals surface area contributed by atoms with Gasteiger partial charge in [0.05, 0.1) is 23.3 Å². The van der Waals surface area contributed by atoms with Gasteiger partial charge in [-0.1, -0.05) is 12.1 Å². The van der Waals surface area contributed by atoms with Gasteiger partial charge in [0.1, 0.15) is 11.6 Å². The van der Waals surface area contributed by atoms with E-state index in [1.54, 1.807) is 6.07 Å². The highest BCUT2D eigenvalue weighted by Gasteiger charge is 2.48. The average molecular weight is 456 g/mol. The number of hydrogen-bond acceptors (Lipinski definition) is 4. The van der Waals surface area contributed by atoms with Gasteiger partial charge >= 0.3 is 6.18 Å². The lowest BCUT2D eigenvalue weighted by Gasteiger charge is -2.19. The van der Waals surface area contributed by atoms with Crippen LogP contribution in [-0.4, -0.2) is 27.6 Å². The first-order chi connectivity index (χ1) is 15.6. The molecule has 2 fully saturated rings. The van der Waals surface area contributed by atoms with Gasteiger partial charge in [-0.05, 0) is 68.7 Å². The highest BCUT2D eigenvalue weighted by atomic mass is 19.4. The van der Waals surface area contributed by atoms with Gasteiger partial charge in [-0.3, -0.25) is 4.99 Å². The normalized spacial score (nSPS) is 19.0. The van der Waals surface area contributed by atoms with Crippen LogP contribution in [0.5, 0.6) is 0 Å². The van der Waals surface area contributed by atoms with E-state index in [1.807, 2.05) is 37.7 Å². The van der Waals surface area contributed by atoms with E-state index in [9.17, 15) is 13.2 Å². The molecule has 0 radical (unpaired) electrons. The monoisotopic (exact) mass is 455 g/mol. The molecule has 0 amide bonds. The third-order valence-corrected chi connectivity index (χ3v) is 7.39. The van der Waals surface area contributed by atoms with Crippen LogP contribution in [0, 0.1) is 19.3 Å². The topological polar surface area (TPSA) is 46.3 Å². The second-order valence-electron chi connectivity index (χ2n) is 9.60. The van der Waals surface area contributed by atoms with E-state index >= 15 is 0 Å². The summed E-state index contributed by atoms with van der Waals surface area (Å²) in [6.07, 6.45) is 1.26. The molecule has 8 heteroatoms. The van der Waals surface area contributed by atoms with E-state index in [0.29, 0.717) is 16.5 Å². The number of benzene rings is 1. The van der Waals surface area contributed by atoms with E-state index in [4.69, 9.17) is 15.0 Å². The molecule has 174 valence electrons. The summed E-state index contributed by atoms with van der Waals surface area (Å²) >= 11 is 0. The van der Waals surface area contributed by atoms with Crippen molar-refractivity contribution in [2.75, 3.05) is 18.0 Å². The van der Waals surface area contributed by atoms with Crippen LogP contribution < -0.4 is 10.4 Å². The molecule has 3 heterocycles. The summed E-state index contributed by atoms with van der Waals surface area (Å²) in [7, 11) is 1.94. The van der Waals surface area contributed by atoms with Gasteiger partial charge in [-0.25, -0.2) is 9.97 Å². The molecule has 1 spiro atoms. The van der Waals surface area contributed by atoms with E-state index < -0.39 is 17.8 Å². The second kappa shape index (κ2) is 7.57. The van der Waals surface area contributed by atoms with E-state index in [1.165, 1.54) is 32.3 Å². The van der Waals surface area contributed by atoms with Gasteiger partial charge in [0.2, 0.25) is 0 Å². The smallest absolute Gasteiger partial charge is 0.356 e. The van der Waals surface area contributed by atoms with Gasteiger partial charge in [0, 0.05) is 25.5 Å². The predicted octanol–water partition coefficient (Wildman–Crippen LogP) is 5.26. The fourth-order valence-electron chi connectivity index (χ4n) is 5.00. The maximum atomic E-state index is 13.4. The Morgan fingerprint density at radius 2 is 1.91 bits per heavy atom. The van der Waals surface area contributed by atoms with Crippen molar-refractivity contribution in [1.82, 2.24) is 14.5 Å². The van der Waals surface area contributed by atoms with Crippen molar-refractivity contribution in [3.63, 3.8) is 0 Å². The van der Waals surface area contributed by atoms with E-state index in [-0.39, 0.29) is 5.56 Å². The summed E-state index contributed by atoms with van der Waals surface area (Å²) in [5.74, 6) is 1.68. The fourth-order valence-corrected chi connectivity index (χ4v) is 5.00. The Balaban J connectivity index is 1.61. The van der Waals surface area contributed by atoms with Crippen LogP contribution in [0.15, 0.2) is 35.5 Å². The maximum Gasteiger partial charge on any atom is 0.416 e. The molecule has 5 nitrogen and oxygen atoms in total. The van der Waals surface area contributed by atoms with Crippen LogP contribution in [0.4, 0.5) is 19.0 Å². The van der Waals surface area contributed by atoms with Crippen LogP contribution in [-0.2, 0) is 13.2 Å². The Labute approximate surface area is 191 Å². The maximum absolute atomic E-state index is 13.4. The van der Waals surface area contributed by atoms with Crippen molar-refractivity contribution in [2.24, 2.45) is 17.5 Å². The van der Waals surface area contributed by atoms with Crippen molar-refractivity contribution < 1.29 is 13.2 Å². The molecule has 1 aliphatic heterocycles. The van der Waals surface area contributed by atoms with Gasteiger partial charge < -0.3 is 9.47 Å². The Bertz CT molecular complexity index is 1300. The molecule has 5 rings (SSSR count). The third-order valence-electron chi connectivity index (χ3n) is 7.39. The van der Waals surface area contributed by atoms with Crippen molar-refractivity contribution in [2.45, 2.75) is 52.3 Å². The number of pyridine rings is 1. The molecule has 1 aromatic carbocycles. The molecule has 0 bridgehead atoms. The van der Waals surface area contributed by atoms with Crippen LogP contribution in [0.3, 0.4) is 0 Å². The van der Waals surface area contributed by atoms with Crippen LogP contribution in [0.25, 0.3) is 10.9 Å². The zero-order valence-corrected chi connectivity index (χ0v) is 19.4. The first kappa shape index (κ1) is 21.9. The first-order valence-electron chi connectivity index (χ1n) is 11.4. The van der Waals surface area contributed by atoms with Crippen LogP contribution >= 0.6 is 0 Å². The van der Waals surface area contributed by atoms with E-state index in [0.717, 1.165) is 41.7 Å². The molecule has 0 unspecified atom stereocenters. The number of nitrogens with zero attached hydrogens (tertiary/aromatic N) is 5. The highest BCUT2D eigenvalue weighted by Crippen LogP contribution is 2.53. The molecule has 2 aromatic heterocycles. The lowest BCUT2D eigenvalue weighted by molar-refractivity contribution is -0.138. The number of halogens is 3. The quantitative estimate of drug-likeness (QED) is 0.542. The fraction of sp³-hybridized carbons (Fsp3) is 0.480. The number of aryl methyl sites for hydroxylation is 2. The number of fused-ring (bicyclic) bond motifs is 1. The van der Waals surface area contributed by atoms with E-state index in [2.05, 4.69) is 4.90 Å². The number of alkyl halides is 3. The zero-order chi connectivity index (χ0) is 23.5. The molecule has 1 aliphatic carbocycles. The minimum absolute atomic E-state index is 0.206. The first-order valence-corrected chi connectivity index (χ1v) is 11.4. The number of hydrogen-bond donors (Lipinski definition) is 0. The molecule has 1 saturated carbocycles. The molecule has 2 aliphatic rings. The molecule has 33 heavy (non-hydrogen) atoms. The standard InChI is InChI=1S/C25H28F3N5/c1-15-18(6-5-7-20(15)25(26,27)28)16(2)30-23-19-12-22(33-11-10-24(14-33)8-9-24)29-13-21(19)32(4)17(3)31-23/h5-7,12-13,16H,8-11,14H2,1-4H3/t16-/m1/s1. The van der Waals surface area contributed by atoms with Crippen LogP contribution in [0.1, 0.15) is 54.7 Å². The average Bonchev–Trinajstić information content (AvgIpc) is 3.39. The van der Waals surface area contributed by atoms with Crippen molar-refractivity contribution in [3.8, 4) is 0 Å². The van der Waals surface area contributed by atoms with Crippen molar-refractivity contribution in [3.05, 3.63) is 58.5 Å². The third kappa shape index (κ3) is 3.89. The summed E-state index contributed by atoms with van der Waals surface area (Å²) in [6, 6.07) is 5.83. The van der Waals surface area contributed by atoms with Gasteiger partial charge in [0.15, 0.2) is 5.49 Å². The highest BCUT2D eigenvalue weighted by molar-refractivity contribution is 5.80. The molecule has 1 atom stereocenters. The van der Waals surface area contributed by atoms with Crippen molar-refractivity contribution in [1.29, 1.82) is 0 Å². The molecule has 1 saturated heterocycles. The molecular weight excluding hydrogens is 427 g/mol. The van der Waals surface area contributed by atoms with Crippen LogP contribution in [0.2, 0.25) is 0 Å². The minimum atomic E-state index is -4.39. The summed E-state index contributed by atoms with van der Waals surface area (Å²) < 4.78 is 42.2. The second-order valence-corrected chi connectivity index (χ2v) is 9.60. The lowest BCUT2D eigenvalue weighted by atomic mass is 9.97. The summed E-state index contributed by atoms with van der Waals surface area (Å²) in [4.78, 5) is 16.6. The summed E-state index contributed by atoms with van der Waals surface area (Å²) in [6.45, 7) is 7.25. The Morgan fingerprint density at radius 1 is 1.15 bits per heavy atom.